The number of carbonyl (C=O) groups is 1. The molecule has 0 fully saturated rings. The summed E-state index contributed by atoms with van der Waals surface area (Å²) in [6, 6.07) is 4.31. The van der Waals surface area contributed by atoms with Crippen LogP contribution in [0.4, 0.5) is 10.1 Å². The molecule has 1 heterocycles. The smallest absolute Gasteiger partial charge is 0.159 e. The van der Waals surface area contributed by atoms with E-state index in [-0.39, 0.29) is 11.6 Å². The van der Waals surface area contributed by atoms with Gasteiger partial charge in [-0.25, -0.2) is 9.37 Å². The molecule has 0 atom stereocenters. The third kappa shape index (κ3) is 2.92. The molecule has 0 amide bonds. The number of aryl methyl sites for hydroxylation is 1. The molecule has 0 unspecified atom stereocenters. The molecule has 3 nitrogen and oxygen atoms in total. The van der Waals surface area contributed by atoms with E-state index in [1.165, 1.54) is 36.5 Å². The van der Waals surface area contributed by atoms with Gasteiger partial charge < -0.3 is 5.32 Å². The van der Waals surface area contributed by atoms with Crippen LogP contribution in [0.3, 0.4) is 0 Å². The molecule has 2 rings (SSSR count). The molecule has 18 heavy (non-hydrogen) atoms. The van der Waals surface area contributed by atoms with Crippen LogP contribution in [0.15, 0.2) is 23.6 Å². The van der Waals surface area contributed by atoms with Gasteiger partial charge in [0, 0.05) is 16.6 Å². The third-order valence-electron chi connectivity index (χ3n) is 2.47. The second-order valence-electron chi connectivity index (χ2n) is 3.99. The fourth-order valence-corrected chi connectivity index (χ4v) is 2.25. The first-order valence-corrected chi connectivity index (χ1v) is 6.39. The van der Waals surface area contributed by atoms with Crippen molar-refractivity contribution in [3.05, 3.63) is 45.7 Å². The molecule has 0 saturated carbocycles. The molecule has 1 aromatic heterocycles. The Kier molecular flexibility index (Phi) is 3.72. The fraction of sp³-hybridized carbons (Fsp3) is 0.231. The van der Waals surface area contributed by atoms with Crippen LogP contribution in [0.5, 0.6) is 0 Å². The average Bonchev–Trinajstić information content (AvgIpc) is 2.74. The zero-order chi connectivity index (χ0) is 13.1. The Labute approximate surface area is 109 Å². The van der Waals surface area contributed by atoms with Crippen molar-refractivity contribution in [2.75, 3.05) is 5.32 Å². The van der Waals surface area contributed by atoms with E-state index in [1.54, 1.807) is 0 Å². The van der Waals surface area contributed by atoms with Crippen molar-refractivity contribution < 1.29 is 9.18 Å². The molecule has 0 aliphatic rings. The van der Waals surface area contributed by atoms with Crippen LogP contribution in [0.1, 0.15) is 28.0 Å². The van der Waals surface area contributed by atoms with E-state index < -0.39 is 0 Å². The second-order valence-corrected chi connectivity index (χ2v) is 4.93. The van der Waals surface area contributed by atoms with Crippen LogP contribution in [0, 0.1) is 12.7 Å². The number of benzene rings is 1. The van der Waals surface area contributed by atoms with Crippen molar-refractivity contribution in [1.82, 2.24) is 4.98 Å². The number of Topliss-reactive ketones (excluding diaryl/α,β-unsaturated/α-hetero) is 1. The number of halogens is 1. The van der Waals surface area contributed by atoms with Gasteiger partial charge in [0.25, 0.3) is 0 Å². The van der Waals surface area contributed by atoms with Crippen molar-refractivity contribution in [2.45, 2.75) is 20.4 Å². The SMILES string of the molecule is CC(=O)c1ccc(F)c(NCc2nc(C)cs2)c1. The van der Waals surface area contributed by atoms with Crippen molar-refractivity contribution in [1.29, 1.82) is 0 Å². The lowest BCUT2D eigenvalue weighted by molar-refractivity contribution is 0.101. The second kappa shape index (κ2) is 5.27. The predicted octanol–water partition coefficient (Wildman–Crippen LogP) is 3.41. The molecular weight excluding hydrogens is 251 g/mol. The van der Waals surface area contributed by atoms with E-state index in [0.29, 0.717) is 17.8 Å². The summed E-state index contributed by atoms with van der Waals surface area (Å²) in [5.74, 6) is -0.448. The first kappa shape index (κ1) is 12.7. The number of hydrogen-bond acceptors (Lipinski definition) is 4. The lowest BCUT2D eigenvalue weighted by Gasteiger charge is -2.07. The summed E-state index contributed by atoms with van der Waals surface area (Å²) in [5.41, 5.74) is 1.78. The Morgan fingerprint density at radius 1 is 1.50 bits per heavy atom. The number of aromatic nitrogens is 1. The van der Waals surface area contributed by atoms with Crippen LogP contribution in [-0.4, -0.2) is 10.8 Å². The van der Waals surface area contributed by atoms with Gasteiger partial charge >= 0.3 is 0 Å². The summed E-state index contributed by atoms with van der Waals surface area (Å²) >= 11 is 1.52. The first-order valence-electron chi connectivity index (χ1n) is 5.51. The molecule has 5 heteroatoms. The quantitative estimate of drug-likeness (QED) is 0.860. The molecule has 2 aromatic rings. The molecule has 0 saturated heterocycles. The molecule has 1 N–H and O–H groups in total. The maximum atomic E-state index is 13.6. The van der Waals surface area contributed by atoms with E-state index in [1.807, 2.05) is 12.3 Å². The molecule has 0 aliphatic heterocycles. The van der Waals surface area contributed by atoms with Crippen LogP contribution < -0.4 is 5.32 Å². The number of nitrogens with zero attached hydrogens (tertiary/aromatic N) is 1. The first-order chi connectivity index (χ1) is 8.56. The lowest BCUT2D eigenvalue weighted by atomic mass is 10.1. The van der Waals surface area contributed by atoms with E-state index >= 15 is 0 Å². The van der Waals surface area contributed by atoms with E-state index in [0.717, 1.165) is 10.7 Å². The number of carbonyl (C=O) groups excluding carboxylic acids is 1. The maximum Gasteiger partial charge on any atom is 0.159 e. The Morgan fingerprint density at radius 2 is 2.28 bits per heavy atom. The zero-order valence-electron chi connectivity index (χ0n) is 10.2. The van der Waals surface area contributed by atoms with Crippen LogP contribution in [0.25, 0.3) is 0 Å². The maximum absolute atomic E-state index is 13.6. The predicted molar refractivity (Wildman–Crippen MR) is 70.6 cm³/mol. The van der Waals surface area contributed by atoms with Gasteiger partial charge in [-0.1, -0.05) is 0 Å². The average molecular weight is 264 g/mol. The molecule has 0 bridgehead atoms. The topological polar surface area (TPSA) is 42.0 Å². The van der Waals surface area contributed by atoms with Gasteiger partial charge in [0.2, 0.25) is 0 Å². The fourth-order valence-electron chi connectivity index (χ4n) is 1.53. The number of anilines is 1. The van der Waals surface area contributed by atoms with Crippen LogP contribution in [0.2, 0.25) is 0 Å². The standard InChI is InChI=1S/C13H13FN2OS/c1-8-7-18-13(16-8)6-15-12-5-10(9(2)17)3-4-11(12)14/h3-5,7,15H,6H2,1-2H3. The van der Waals surface area contributed by atoms with E-state index in [9.17, 15) is 9.18 Å². The summed E-state index contributed by atoms with van der Waals surface area (Å²) in [4.78, 5) is 15.5. The van der Waals surface area contributed by atoms with Gasteiger partial charge in [-0.15, -0.1) is 11.3 Å². The Morgan fingerprint density at radius 3 is 2.89 bits per heavy atom. The minimum Gasteiger partial charge on any atom is -0.376 e. The molecule has 1 aromatic carbocycles. The van der Waals surface area contributed by atoms with Crippen molar-refractivity contribution in [3.63, 3.8) is 0 Å². The van der Waals surface area contributed by atoms with Crippen LogP contribution in [-0.2, 0) is 6.54 Å². The summed E-state index contributed by atoms with van der Waals surface area (Å²) in [7, 11) is 0. The number of ketones is 1. The molecule has 0 spiro atoms. The zero-order valence-corrected chi connectivity index (χ0v) is 11.0. The Bertz CT molecular complexity index is 580. The van der Waals surface area contributed by atoms with Gasteiger partial charge in [-0.2, -0.15) is 0 Å². The summed E-state index contributed by atoms with van der Waals surface area (Å²) < 4.78 is 13.6. The summed E-state index contributed by atoms with van der Waals surface area (Å²) in [5, 5.41) is 5.79. The monoisotopic (exact) mass is 264 g/mol. The Balaban J connectivity index is 2.13. The van der Waals surface area contributed by atoms with Crippen molar-refractivity contribution >= 4 is 22.8 Å². The highest BCUT2D eigenvalue weighted by Gasteiger charge is 2.07. The summed E-state index contributed by atoms with van der Waals surface area (Å²) in [6.07, 6.45) is 0. The lowest BCUT2D eigenvalue weighted by Crippen LogP contribution is -2.03. The normalized spacial score (nSPS) is 10.4. The molecule has 94 valence electrons. The van der Waals surface area contributed by atoms with Gasteiger partial charge in [-0.05, 0) is 32.0 Å². The highest BCUT2D eigenvalue weighted by atomic mass is 32.1. The number of thiazole rings is 1. The van der Waals surface area contributed by atoms with Gasteiger partial charge in [0.15, 0.2) is 5.78 Å². The number of hydrogen-bond donors (Lipinski definition) is 1. The van der Waals surface area contributed by atoms with E-state index in [2.05, 4.69) is 10.3 Å². The van der Waals surface area contributed by atoms with Crippen molar-refractivity contribution in [2.24, 2.45) is 0 Å². The highest BCUT2D eigenvalue weighted by molar-refractivity contribution is 7.09. The minimum absolute atomic E-state index is 0.0804. The third-order valence-corrected chi connectivity index (χ3v) is 3.44. The highest BCUT2D eigenvalue weighted by Crippen LogP contribution is 2.18. The van der Waals surface area contributed by atoms with Gasteiger partial charge in [-0.3, -0.25) is 4.79 Å². The number of nitrogens with one attached hydrogen (secondary N) is 1. The Hall–Kier alpha value is -1.75. The van der Waals surface area contributed by atoms with E-state index in [4.69, 9.17) is 0 Å². The summed E-state index contributed by atoms with van der Waals surface area (Å²) in [6.45, 7) is 3.83. The van der Waals surface area contributed by atoms with Gasteiger partial charge in [0.1, 0.15) is 10.8 Å². The minimum atomic E-state index is -0.367. The van der Waals surface area contributed by atoms with Crippen LogP contribution >= 0.6 is 11.3 Å². The van der Waals surface area contributed by atoms with Gasteiger partial charge in [0.05, 0.1) is 12.2 Å². The molecular formula is C13H13FN2OS. The van der Waals surface area contributed by atoms with Crippen molar-refractivity contribution in [3.8, 4) is 0 Å². The molecule has 0 radical (unpaired) electrons. The largest absolute Gasteiger partial charge is 0.376 e. The number of rotatable bonds is 4. The molecule has 0 aliphatic carbocycles.